The van der Waals surface area contributed by atoms with Crippen LogP contribution in [0.25, 0.3) is 5.69 Å². The van der Waals surface area contributed by atoms with Gasteiger partial charge >= 0.3 is 6.03 Å². The van der Waals surface area contributed by atoms with Crippen molar-refractivity contribution < 1.29 is 9.59 Å². The summed E-state index contributed by atoms with van der Waals surface area (Å²) in [7, 11) is 1.90. The predicted molar refractivity (Wildman–Crippen MR) is 106 cm³/mol. The lowest BCUT2D eigenvalue weighted by atomic mass is 9.85. The normalized spacial score (nSPS) is 18.7. The average Bonchev–Trinajstić information content (AvgIpc) is 3.28. The zero-order valence-corrected chi connectivity index (χ0v) is 16.5. The number of para-hydroxylation sites is 1. The van der Waals surface area contributed by atoms with Crippen LogP contribution < -0.4 is 5.32 Å². The molecule has 1 N–H and O–H groups in total. The summed E-state index contributed by atoms with van der Waals surface area (Å²) in [5.41, 5.74) is 3.12. The molecule has 148 valence electrons. The molecule has 0 atom stereocenters. The maximum atomic E-state index is 12.6. The second-order valence-corrected chi connectivity index (χ2v) is 7.90. The number of nitrogens with zero attached hydrogens (tertiary/aromatic N) is 4. The van der Waals surface area contributed by atoms with E-state index >= 15 is 0 Å². The highest BCUT2D eigenvalue weighted by atomic mass is 16.2. The zero-order valence-electron chi connectivity index (χ0n) is 16.5. The predicted octanol–water partition coefficient (Wildman–Crippen LogP) is 2.48. The number of carbonyl (C=O) groups excluding carboxylic acids is 2. The van der Waals surface area contributed by atoms with Crippen LogP contribution in [0.1, 0.15) is 36.8 Å². The Morgan fingerprint density at radius 2 is 1.96 bits per heavy atom. The van der Waals surface area contributed by atoms with Gasteiger partial charge in [0, 0.05) is 50.4 Å². The molecule has 0 bridgehead atoms. The van der Waals surface area contributed by atoms with E-state index in [9.17, 15) is 9.59 Å². The fraction of sp³-hybridized carbons (Fsp3) is 0.476. The average molecular weight is 381 g/mol. The molecule has 3 amide bonds. The van der Waals surface area contributed by atoms with Gasteiger partial charge in [0.25, 0.3) is 0 Å². The van der Waals surface area contributed by atoms with Gasteiger partial charge in [-0.25, -0.2) is 9.48 Å². The minimum absolute atomic E-state index is 0.0391. The fourth-order valence-electron chi connectivity index (χ4n) is 4.34. The summed E-state index contributed by atoms with van der Waals surface area (Å²) in [6, 6.07) is 8.02. The van der Waals surface area contributed by atoms with E-state index in [1.54, 1.807) is 6.20 Å². The number of hydrogen-bond donors (Lipinski definition) is 1. The van der Waals surface area contributed by atoms with Crippen molar-refractivity contribution in [2.75, 3.05) is 20.1 Å². The minimum atomic E-state index is -0.0505. The lowest BCUT2D eigenvalue weighted by Crippen LogP contribution is -2.54. The number of piperidine rings is 1. The fourth-order valence-corrected chi connectivity index (χ4v) is 4.34. The molecule has 28 heavy (non-hydrogen) atoms. The van der Waals surface area contributed by atoms with Crippen LogP contribution in [0.15, 0.2) is 36.7 Å². The smallest absolute Gasteiger partial charge is 0.317 e. The maximum Gasteiger partial charge on any atom is 0.317 e. The lowest BCUT2D eigenvalue weighted by Gasteiger charge is -2.43. The number of aryl methyl sites for hydroxylation is 1. The molecule has 1 spiro atoms. The molecular formula is C21H27N5O2. The SMILES string of the molecule is Cc1ccccc1-n1cc(CNC(=O)N2CCC3(CCC(=O)N3C)CC2)cn1. The Bertz CT molecular complexity index is 882. The third kappa shape index (κ3) is 3.37. The van der Waals surface area contributed by atoms with E-state index in [0.717, 1.165) is 36.1 Å². The first-order chi connectivity index (χ1) is 13.5. The van der Waals surface area contributed by atoms with E-state index < -0.39 is 0 Å². The van der Waals surface area contributed by atoms with Gasteiger partial charge in [-0.05, 0) is 37.8 Å². The molecule has 2 aliphatic heterocycles. The van der Waals surface area contributed by atoms with E-state index in [0.29, 0.717) is 26.1 Å². The van der Waals surface area contributed by atoms with Crippen molar-refractivity contribution >= 4 is 11.9 Å². The summed E-state index contributed by atoms with van der Waals surface area (Å²) in [5.74, 6) is 0.226. The molecule has 0 saturated carbocycles. The Balaban J connectivity index is 1.31. The van der Waals surface area contributed by atoms with Gasteiger partial charge in [0.1, 0.15) is 0 Å². The van der Waals surface area contributed by atoms with Crippen LogP contribution in [0.4, 0.5) is 4.79 Å². The molecule has 0 radical (unpaired) electrons. The molecule has 3 heterocycles. The number of benzene rings is 1. The third-order valence-electron chi connectivity index (χ3n) is 6.31. The van der Waals surface area contributed by atoms with Gasteiger partial charge in [-0.3, -0.25) is 4.79 Å². The van der Waals surface area contributed by atoms with E-state index in [1.807, 2.05) is 45.9 Å². The van der Waals surface area contributed by atoms with Gasteiger partial charge in [0.2, 0.25) is 5.91 Å². The first-order valence-electron chi connectivity index (χ1n) is 9.87. The van der Waals surface area contributed by atoms with Crippen LogP contribution in [0.5, 0.6) is 0 Å². The van der Waals surface area contributed by atoms with Gasteiger partial charge in [-0.1, -0.05) is 18.2 Å². The molecule has 7 heteroatoms. The molecule has 2 fully saturated rings. The van der Waals surface area contributed by atoms with Gasteiger partial charge in [-0.2, -0.15) is 5.10 Å². The third-order valence-corrected chi connectivity index (χ3v) is 6.31. The van der Waals surface area contributed by atoms with Gasteiger partial charge in [0.05, 0.1) is 11.9 Å². The molecule has 1 aromatic carbocycles. The summed E-state index contributed by atoms with van der Waals surface area (Å²) in [6.45, 7) is 3.87. The number of hydrogen-bond acceptors (Lipinski definition) is 3. The molecule has 0 aliphatic carbocycles. The van der Waals surface area contributed by atoms with Gasteiger partial charge in [0.15, 0.2) is 0 Å². The van der Waals surface area contributed by atoms with Crippen LogP contribution in [-0.4, -0.2) is 57.2 Å². The second kappa shape index (κ2) is 7.30. The summed E-state index contributed by atoms with van der Waals surface area (Å²) in [4.78, 5) is 28.2. The first kappa shape index (κ1) is 18.5. The number of nitrogens with one attached hydrogen (secondary N) is 1. The quantitative estimate of drug-likeness (QED) is 0.888. The number of urea groups is 1. The molecule has 2 saturated heterocycles. The van der Waals surface area contributed by atoms with Crippen LogP contribution in [-0.2, 0) is 11.3 Å². The number of rotatable bonds is 3. The van der Waals surface area contributed by atoms with Gasteiger partial charge < -0.3 is 15.1 Å². The Kier molecular flexibility index (Phi) is 4.83. The van der Waals surface area contributed by atoms with Crippen LogP contribution in [0, 0.1) is 6.92 Å². The summed E-state index contributed by atoms with van der Waals surface area (Å²) < 4.78 is 1.84. The molecule has 4 rings (SSSR count). The highest BCUT2D eigenvalue weighted by Gasteiger charge is 2.45. The van der Waals surface area contributed by atoms with Gasteiger partial charge in [-0.15, -0.1) is 0 Å². The first-order valence-corrected chi connectivity index (χ1v) is 9.87. The Morgan fingerprint density at radius 1 is 1.21 bits per heavy atom. The van der Waals surface area contributed by atoms with E-state index in [4.69, 9.17) is 0 Å². The highest BCUT2D eigenvalue weighted by molar-refractivity contribution is 5.79. The van der Waals surface area contributed by atoms with Crippen LogP contribution in [0.3, 0.4) is 0 Å². The van der Waals surface area contributed by atoms with Crippen molar-refractivity contribution in [3.63, 3.8) is 0 Å². The van der Waals surface area contributed by atoms with E-state index in [1.165, 1.54) is 0 Å². The van der Waals surface area contributed by atoms with Crippen molar-refractivity contribution in [1.29, 1.82) is 0 Å². The number of aromatic nitrogens is 2. The minimum Gasteiger partial charge on any atom is -0.340 e. The van der Waals surface area contributed by atoms with Crippen molar-refractivity contribution in [2.45, 2.75) is 44.7 Å². The molecule has 0 unspecified atom stereocenters. The van der Waals surface area contributed by atoms with Crippen LogP contribution >= 0.6 is 0 Å². The van der Waals surface area contributed by atoms with Crippen molar-refractivity contribution in [1.82, 2.24) is 24.9 Å². The van der Waals surface area contributed by atoms with Crippen molar-refractivity contribution in [3.05, 3.63) is 47.8 Å². The molecule has 2 aliphatic rings. The zero-order chi connectivity index (χ0) is 19.7. The number of likely N-dealkylation sites (tertiary alicyclic amines) is 2. The monoisotopic (exact) mass is 381 g/mol. The van der Waals surface area contributed by atoms with Crippen molar-refractivity contribution in [2.24, 2.45) is 0 Å². The maximum absolute atomic E-state index is 12.6. The van der Waals surface area contributed by atoms with Crippen LogP contribution in [0.2, 0.25) is 0 Å². The molecular weight excluding hydrogens is 354 g/mol. The standard InChI is InChI=1S/C21H27N5O2/c1-16-5-3-4-6-18(16)26-15-17(14-23-26)13-22-20(28)25-11-9-21(10-12-25)8-7-19(27)24(21)2/h3-6,14-15H,7-13H2,1-2H3,(H,22,28). The summed E-state index contributed by atoms with van der Waals surface area (Å²) in [5, 5.41) is 7.42. The van der Waals surface area contributed by atoms with Crippen molar-refractivity contribution in [3.8, 4) is 5.69 Å². The second-order valence-electron chi connectivity index (χ2n) is 7.90. The molecule has 2 aromatic rings. The molecule has 1 aromatic heterocycles. The summed E-state index contributed by atoms with van der Waals surface area (Å²) >= 11 is 0. The Labute approximate surface area is 165 Å². The number of amides is 3. The highest BCUT2D eigenvalue weighted by Crippen LogP contribution is 2.37. The topological polar surface area (TPSA) is 70.5 Å². The molecule has 7 nitrogen and oxygen atoms in total. The summed E-state index contributed by atoms with van der Waals surface area (Å²) in [6.07, 6.45) is 7.00. The van der Waals surface area contributed by atoms with E-state index in [2.05, 4.69) is 23.4 Å². The Hall–Kier alpha value is -2.83. The number of carbonyl (C=O) groups is 2. The Morgan fingerprint density at radius 3 is 2.64 bits per heavy atom. The lowest BCUT2D eigenvalue weighted by molar-refractivity contribution is -0.130. The van der Waals surface area contributed by atoms with E-state index in [-0.39, 0.29) is 17.5 Å². The largest absolute Gasteiger partial charge is 0.340 e.